The van der Waals surface area contributed by atoms with E-state index < -0.39 is 0 Å². The fourth-order valence-corrected chi connectivity index (χ4v) is 2.01. The lowest BCUT2D eigenvalue weighted by Crippen LogP contribution is -1.74. The van der Waals surface area contributed by atoms with Crippen LogP contribution < -0.4 is 0 Å². The zero-order valence-corrected chi connectivity index (χ0v) is 8.38. The lowest BCUT2D eigenvalue weighted by atomic mass is 10.1. The summed E-state index contributed by atoms with van der Waals surface area (Å²) in [5.41, 5.74) is 0.878. The van der Waals surface area contributed by atoms with Crippen LogP contribution in [0, 0.1) is 5.82 Å². The van der Waals surface area contributed by atoms with Crippen molar-refractivity contribution in [2.45, 2.75) is 0 Å². The van der Waals surface area contributed by atoms with Crippen molar-refractivity contribution >= 4 is 33.5 Å². The number of para-hydroxylation sites is 1. The van der Waals surface area contributed by atoms with E-state index in [4.69, 9.17) is 16.0 Å². The molecule has 1 aromatic heterocycles. The van der Waals surface area contributed by atoms with E-state index in [0.29, 0.717) is 16.0 Å². The molecule has 3 aromatic rings. The van der Waals surface area contributed by atoms with Crippen LogP contribution in [0.4, 0.5) is 4.39 Å². The van der Waals surface area contributed by atoms with Gasteiger partial charge in [-0.2, -0.15) is 0 Å². The van der Waals surface area contributed by atoms with Crippen LogP contribution in [0.5, 0.6) is 0 Å². The van der Waals surface area contributed by atoms with Crippen molar-refractivity contribution in [1.29, 1.82) is 0 Å². The fraction of sp³-hybridized carbons (Fsp3) is 0. The molecule has 0 bridgehead atoms. The van der Waals surface area contributed by atoms with Gasteiger partial charge in [0.1, 0.15) is 5.58 Å². The van der Waals surface area contributed by atoms with E-state index in [-0.39, 0.29) is 11.4 Å². The zero-order chi connectivity index (χ0) is 10.4. The van der Waals surface area contributed by atoms with Crippen molar-refractivity contribution in [2.24, 2.45) is 0 Å². The molecule has 74 valence electrons. The summed E-state index contributed by atoms with van der Waals surface area (Å²) >= 11 is 6.02. The molecule has 0 saturated heterocycles. The molecule has 0 radical (unpaired) electrons. The van der Waals surface area contributed by atoms with Crippen LogP contribution in [0.2, 0.25) is 5.02 Å². The van der Waals surface area contributed by atoms with Gasteiger partial charge >= 0.3 is 0 Å². The molecular formula is C12H6ClFO. The van der Waals surface area contributed by atoms with Crippen molar-refractivity contribution in [1.82, 2.24) is 0 Å². The number of hydrogen-bond donors (Lipinski definition) is 0. The highest BCUT2D eigenvalue weighted by molar-refractivity contribution is 6.37. The number of hydrogen-bond acceptors (Lipinski definition) is 1. The van der Waals surface area contributed by atoms with Gasteiger partial charge in [-0.3, -0.25) is 0 Å². The molecule has 0 aliphatic carbocycles. The number of benzene rings is 2. The second-order valence-corrected chi connectivity index (χ2v) is 3.74. The Morgan fingerprint density at radius 2 is 1.87 bits per heavy atom. The van der Waals surface area contributed by atoms with Gasteiger partial charge in [0.05, 0.1) is 5.02 Å². The van der Waals surface area contributed by atoms with E-state index in [0.717, 1.165) is 5.39 Å². The minimum atomic E-state index is -0.384. The molecule has 0 amide bonds. The van der Waals surface area contributed by atoms with E-state index in [9.17, 15) is 4.39 Å². The molecule has 3 rings (SSSR count). The molecule has 0 unspecified atom stereocenters. The predicted octanol–water partition coefficient (Wildman–Crippen LogP) is 4.38. The molecule has 0 saturated carbocycles. The molecule has 2 aromatic carbocycles. The van der Waals surface area contributed by atoms with Crippen molar-refractivity contribution in [3.63, 3.8) is 0 Å². The Morgan fingerprint density at radius 3 is 2.73 bits per heavy atom. The zero-order valence-electron chi connectivity index (χ0n) is 7.63. The Kier molecular flexibility index (Phi) is 1.73. The van der Waals surface area contributed by atoms with Crippen LogP contribution in [-0.2, 0) is 0 Å². The van der Waals surface area contributed by atoms with Crippen LogP contribution in [0.25, 0.3) is 21.9 Å². The highest BCUT2D eigenvalue weighted by Gasteiger charge is 2.12. The summed E-state index contributed by atoms with van der Waals surface area (Å²) in [7, 11) is 0. The molecule has 0 spiro atoms. The summed E-state index contributed by atoms with van der Waals surface area (Å²) in [5.74, 6) is -0.384. The maximum absolute atomic E-state index is 13.5. The molecule has 0 aliphatic heterocycles. The quantitative estimate of drug-likeness (QED) is 0.548. The first-order valence-corrected chi connectivity index (χ1v) is 4.90. The third-order valence-electron chi connectivity index (χ3n) is 2.43. The van der Waals surface area contributed by atoms with Crippen LogP contribution in [0.15, 0.2) is 40.8 Å². The van der Waals surface area contributed by atoms with Crippen LogP contribution in [-0.4, -0.2) is 0 Å². The lowest BCUT2D eigenvalue weighted by molar-refractivity contribution is 0.584. The van der Waals surface area contributed by atoms with Gasteiger partial charge in [0.2, 0.25) is 0 Å². The number of furan rings is 1. The van der Waals surface area contributed by atoms with Crippen LogP contribution in [0.1, 0.15) is 0 Å². The molecular weight excluding hydrogens is 215 g/mol. The van der Waals surface area contributed by atoms with Crippen LogP contribution >= 0.6 is 11.6 Å². The largest absolute Gasteiger partial charge is 0.453 e. The molecule has 1 nitrogen and oxygen atoms in total. The predicted molar refractivity (Wildman–Crippen MR) is 58.7 cm³/mol. The van der Waals surface area contributed by atoms with E-state index in [2.05, 4.69) is 0 Å². The van der Waals surface area contributed by atoms with Gasteiger partial charge in [-0.05, 0) is 18.2 Å². The fourth-order valence-electron chi connectivity index (χ4n) is 1.76. The molecule has 15 heavy (non-hydrogen) atoms. The van der Waals surface area contributed by atoms with Crippen molar-refractivity contribution < 1.29 is 8.81 Å². The summed E-state index contributed by atoms with van der Waals surface area (Å²) in [4.78, 5) is 0. The van der Waals surface area contributed by atoms with Crippen LogP contribution in [0.3, 0.4) is 0 Å². The Bertz CT molecular complexity index is 657. The minimum Gasteiger partial charge on any atom is -0.453 e. The van der Waals surface area contributed by atoms with E-state index in [1.165, 1.54) is 6.07 Å². The molecule has 0 fully saturated rings. The second-order valence-electron chi connectivity index (χ2n) is 3.33. The Balaban J connectivity index is 2.66. The summed E-state index contributed by atoms with van der Waals surface area (Å²) in [6.07, 6.45) is 0. The normalized spacial score (nSPS) is 11.3. The lowest BCUT2D eigenvalue weighted by Gasteiger charge is -1.93. The smallest absolute Gasteiger partial charge is 0.172 e. The highest BCUT2D eigenvalue weighted by Crippen LogP contribution is 2.34. The first-order valence-electron chi connectivity index (χ1n) is 4.52. The molecule has 0 atom stereocenters. The summed E-state index contributed by atoms with van der Waals surface area (Å²) < 4.78 is 18.9. The number of rotatable bonds is 0. The van der Waals surface area contributed by atoms with Crippen molar-refractivity contribution in [3.8, 4) is 0 Å². The SMILES string of the molecule is Fc1ccc(Cl)c2c1oc1ccccc12. The van der Waals surface area contributed by atoms with Gasteiger partial charge in [-0.1, -0.05) is 29.8 Å². The molecule has 1 heterocycles. The van der Waals surface area contributed by atoms with Gasteiger partial charge in [-0.25, -0.2) is 4.39 Å². The number of halogens is 2. The Hall–Kier alpha value is -1.54. The van der Waals surface area contributed by atoms with E-state index in [1.54, 1.807) is 12.1 Å². The van der Waals surface area contributed by atoms with Crippen molar-refractivity contribution in [3.05, 3.63) is 47.2 Å². The van der Waals surface area contributed by atoms with Crippen molar-refractivity contribution in [2.75, 3.05) is 0 Å². The maximum Gasteiger partial charge on any atom is 0.172 e. The third kappa shape index (κ3) is 1.15. The maximum atomic E-state index is 13.5. The highest BCUT2D eigenvalue weighted by atomic mass is 35.5. The topological polar surface area (TPSA) is 13.1 Å². The van der Waals surface area contributed by atoms with Gasteiger partial charge in [0, 0.05) is 10.8 Å². The van der Waals surface area contributed by atoms with Gasteiger partial charge in [0.25, 0.3) is 0 Å². The average molecular weight is 221 g/mol. The van der Waals surface area contributed by atoms with Gasteiger partial charge in [0.15, 0.2) is 11.4 Å². The van der Waals surface area contributed by atoms with Gasteiger partial charge in [-0.15, -0.1) is 0 Å². The first kappa shape index (κ1) is 8.74. The van der Waals surface area contributed by atoms with Gasteiger partial charge < -0.3 is 4.42 Å². The summed E-state index contributed by atoms with van der Waals surface area (Å²) in [5, 5.41) is 2.00. The molecule has 0 aliphatic rings. The first-order chi connectivity index (χ1) is 7.27. The summed E-state index contributed by atoms with van der Waals surface area (Å²) in [6.45, 7) is 0. The number of fused-ring (bicyclic) bond motifs is 3. The molecule has 3 heteroatoms. The molecule has 0 N–H and O–H groups in total. The van der Waals surface area contributed by atoms with E-state index in [1.807, 2.05) is 18.2 Å². The Morgan fingerprint density at radius 1 is 1.07 bits per heavy atom. The standard InChI is InChI=1S/C12H6ClFO/c13-8-5-6-9(14)12-11(8)7-3-1-2-4-10(7)15-12/h1-6H. The average Bonchev–Trinajstić information content (AvgIpc) is 2.64. The summed E-state index contributed by atoms with van der Waals surface area (Å²) in [6, 6.07) is 10.2. The Labute approximate surface area is 90.1 Å². The minimum absolute atomic E-state index is 0.226. The monoisotopic (exact) mass is 220 g/mol. The second kappa shape index (κ2) is 2.97. The van der Waals surface area contributed by atoms with E-state index >= 15 is 0 Å². The third-order valence-corrected chi connectivity index (χ3v) is 2.74.